The van der Waals surface area contributed by atoms with Gasteiger partial charge in [-0.15, -0.1) is 11.3 Å². The fourth-order valence-electron chi connectivity index (χ4n) is 3.37. The lowest BCUT2D eigenvalue weighted by Gasteiger charge is -2.38. The number of carbonyl (C=O) groups is 1. The summed E-state index contributed by atoms with van der Waals surface area (Å²) in [6.07, 6.45) is 9.62. The van der Waals surface area contributed by atoms with Crippen molar-refractivity contribution in [1.82, 2.24) is 14.5 Å². The number of pyridine rings is 1. The molecule has 6 nitrogen and oxygen atoms in total. The van der Waals surface area contributed by atoms with Gasteiger partial charge < -0.3 is 14.6 Å². The van der Waals surface area contributed by atoms with E-state index in [-0.39, 0.29) is 11.4 Å². The normalized spacial score (nSPS) is 16.3. The van der Waals surface area contributed by atoms with Gasteiger partial charge in [-0.3, -0.25) is 9.78 Å². The van der Waals surface area contributed by atoms with Crippen molar-refractivity contribution in [1.29, 1.82) is 0 Å². The predicted molar refractivity (Wildman–Crippen MR) is 101 cm³/mol. The van der Waals surface area contributed by atoms with Crippen molar-refractivity contribution in [3.63, 3.8) is 0 Å². The molecule has 0 spiro atoms. The van der Waals surface area contributed by atoms with Gasteiger partial charge in [0, 0.05) is 48.9 Å². The van der Waals surface area contributed by atoms with Crippen molar-refractivity contribution in [3.8, 4) is 11.3 Å². The van der Waals surface area contributed by atoms with E-state index in [1.165, 1.54) is 11.3 Å². The second kappa shape index (κ2) is 7.39. The minimum atomic E-state index is -0.227. The standard InChI is InChI=1S/C19H20N4O2S/c24-17(12-19(5-10-25-11-6-19)23-8-1-2-9-23)22-18-21-16(14-26-18)15-4-3-7-20-13-15/h1-4,7-9,13-14H,5-6,10-12H2,(H,21,22,24). The van der Waals surface area contributed by atoms with Crippen LogP contribution in [0.2, 0.25) is 0 Å². The number of hydrogen-bond donors (Lipinski definition) is 1. The lowest BCUT2D eigenvalue weighted by atomic mass is 9.86. The highest BCUT2D eigenvalue weighted by Crippen LogP contribution is 2.33. The summed E-state index contributed by atoms with van der Waals surface area (Å²) < 4.78 is 7.66. The zero-order valence-electron chi connectivity index (χ0n) is 14.3. The highest BCUT2D eigenvalue weighted by Gasteiger charge is 2.36. The number of amides is 1. The molecule has 0 saturated carbocycles. The Kier molecular flexibility index (Phi) is 4.81. The minimum absolute atomic E-state index is 0.0207. The third kappa shape index (κ3) is 3.54. The van der Waals surface area contributed by atoms with Crippen LogP contribution in [-0.4, -0.2) is 33.7 Å². The molecule has 0 radical (unpaired) electrons. The molecule has 0 aliphatic carbocycles. The fourth-order valence-corrected chi connectivity index (χ4v) is 4.10. The Balaban J connectivity index is 1.47. The summed E-state index contributed by atoms with van der Waals surface area (Å²) in [6.45, 7) is 1.35. The van der Waals surface area contributed by atoms with Gasteiger partial charge in [0.05, 0.1) is 17.7 Å². The maximum atomic E-state index is 12.7. The van der Waals surface area contributed by atoms with Gasteiger partial charge in [-0.25, -0.2) is 4.98 Å². The maximum absolute atomic E-state index is 12.7. The third-order valence-corrected chi connectivity index (χ3v) is 5.53. The van der Waals surface area contributed by atoms with Gasteiger partial charge >= 0.3 is 0 Å². The van der Waals surface area contributed by atoms with Crippen LogP contribution in [-0.2, 0) is 15.1 Å². The van der Waals surface area contributed by atoms with E-state index in [1.54, 1.807) is 12.4 Å². The number of anilines is 1. The number of carbonyl (C=O) groups excluding carboxylic acids is 1. The summed E-state index contributed by atoms with van der Waals surface area (Å²) in [5, 5.41) is 5.51. The maximum Gasteiger partial charge on any atom is 0.228 e. The van der Waals surface area contributed by atoms with Crippen molar-refractivity contribution in [3.05, 3.63) is 54.4 Å². The lowest BCUT2D eigenvalue weighted by Crippen LogP contribution is -2.42. The highest BCUT2D eigenvalue weighted by atomic mass is 32.1. The zero-order valence-corrected chi connectivity index (χ0v) is 15.1. The molecule has 3 aromatic heterocycles. The van der Waals surface area contributed by atoms with Crippen LogP contribution in [0.5, 0.6) is 0 Å². The Labute approximate surface area is 155 Å². The second-order valence-corrected chi connectivity index (χ2v) is 7.29. The van der Waals surface area contributed by atoms with Gasteiger partial charge in [0.25, 0.3) is 0 Å². The molecule has 1 saturated heterocycles. The van der Waals surface area contributed by atoms with Crippen molar-refractivity contribution >= 4 is 22.4 Å². The fraction of sp³-hybridized carbons (Fsp3) is 0.316. The molecule has 0 bridgehead atoms. The number of hydrogen-bond acceptors (Lipinski definition) is 5. The molecule has 4 rings (SSSR count). The van der Waals surface area contributed by atoms with Crippen molar-refractivity contribution in [2.75, 3.05) is 18.5 Å². The second-order valence-electron chi connectivity index (χ2n) is 6.43. The van der Waals surface area contributed by atoms with Gasteiger partial charge in [-0.05, 0) is 37.1 Å². The van der Waals surface area contributed by atoms with E-state index in [4.69, 9.17) is 4.74 Å². The van der Waals surface area contributed by atoms with Crippen LogP contribution in [0.1, 0.15) is 19.3 Å². The first-order chi connectivity index (χ1) is 12.8. The van der Waals surface area contributed by atoms with Crippen molar-refractivity contribution < 1.29 is 9.53 Å². The van der Waals surface area contributed by atoms with E-state index >= 15 is 0 Å². The van der Waals surface area contributed by atoms with Gasteiger partial charge in [-0.1, -0.05) is 0 Å². The molecular weight excluding hydrogens is 348 g/mol. The van der Waals surface area contributed by atoms with Crippen LogP contribution < -0.4 is 5.32 Å². The monoisotopic (exact) mass is 368 g/mol. The Bertz CT molecular complexity index is 855. The summed E-state index contributed by atoms with van der Waals surface area (Å²) in [7, 11) is 0. The van der Waals surface area contributed by atoms with E-state index in [2.05, 4.69) is 19.9 Å². The summed E-state index contributed by atoms with van der Waals surface area (Å²) in [5.41, 5.74) is 1.54. The molecule has 1 aliphatic rings. The molecule has 1 aliphatic heterocycles. The average molecular weight is 368 g/mol. The molecule has 1 amide bonds. The largest absolute Gasteiger partial charge is 0.381 e. The molecule has 26 heavy (non-hydrogen) atoms. The van der Waals surface area contributed by atoms with E-state index in [0.29, 0.717) is 24.8 Å². The van der Waals surface area contributed by atoms with E-state index in [0.717, 1.165) is 24.1 Å². The molecule has 1 fully saturated rings. The molecule has 0 unspecified atom stereocenters. The average Bonchev–Trinajstić information content (AvgIpc) is 3.35. The minimum Gasteiger partial charge on any atom is -0.381 e. The molecule has 3 aromatic rings. The molecule has 1 N–H and O–H groups in total. The number of aromatic nitrogens is 3. The van der Waals surface area contributed by atoms with Gasteiger partial charge in [-0.2, -0.15) is 0 Å². The van der Waals surface area contributed by atoms with Crippen LogP contribution in [0.3, 0.4) is 0 Å². The number of thiazole rings is 1. The Morgan fingerprint density at radius 3 is 2.81 bits per heavy atom. The molecular formula is C19H20N4O2S. The first kappa shape index (κ1) is 16.9. The summed E-state index contributed by atoms with van der Waals surface area (Å²) in [5.74, 6) is -0.0207. The summed E-state index contributed by atoms with van der Waals surface area (Å²) in [6, 6.07) is 7.82. The van der Waals surface area contributed by atoms with E-state index in [9.17, 15) is 4.79 Å². The van der Waals surface area contributed by atoms with Crippen LogP contribution in [0.25, 0.3) is 11.3 Å². The van der Waals surface area contributed by atoms with E-state index < -0.39 is 0 Å². The molecule has 0 aromatic carbocycles. The lowest BCUT2D eigenvalue weighted by molar-refractivity contribution is -0.119. The number of nitrogens with one attached hydrogen (secondary N) is 1. The van der Waals surface area contributed by atoms with Crippen LogP contribution >= 0.6 is 11.3 Å². The quantitative estimate of drug-likeness (QED) is 0.748. The van der Waals surface area contributed by atoms with Crippen molar-refractivity contribution in [2.45, 2.75) is 24.8 Å². The zero-order chi connectivity index (χ0) is 17.8. The first-order valence-electron chi connectivity index (χ1n) is 8.62. The number of nitrogens with zero attached hydrogens (tertiary/aromatic N) is 3. The SMILES string of the molecule is O=C(CC1(n2cccc2)CCOCC1)Nc1nc(-c2cccnc2)cs1. The van der Waals surface area contributed by atoms with Crippen LogP contribution in [0, 0.1) is 0 Å². The third-order valence-electron chi connectivity index (χ3n) is 4.77. The summed E-state index contributed by atoms with van der Waals surface area (Å²) in [4.78, 5) is 21.3. The van der Waals surface area contributed by atoms with Crippen molar-refractivity contribution in [2.24, 2.45) is 0 Å². The summed E-state index contributed by atoms with van der Waals surface area (Å²) >= 11 is 1.43. The van der Waals surface area contributed by atoms with Gasteiger partial charge in [0.1, 0.15) is 0 Å². The number of rotatable bonds is 5. The van der Waals surface area contributed by atoms with Crippen LogP contribution in [0.15, 0.2) is 54.4 Å². The number of ether oxygens (including phenoxy) is 1. The smallest absolute Gasteiger partial charge is 0.228 e. The first-order valence-corrected chi connectivity index (χ1v) is 9.50. The topological polar surface area (TPSA) is 69.0 Å². The molecule has 7 heteroatoms. The van der Waals surface area contributed by atoms with E-state index in [1.807, 2.05) is 42.0 Å². The molecule has 0 atom stereocenters. The predicted octanol–water partition coefficient (Wildman–Crippen LogP) is 3.54. The molecule has 134 valence electrons. The highest BCUT2D eigenvalue weighted by molar-refractivity contribution is 7.14. The Morgan fingerprint density at radius 1 is 1.27 bits per heavy atom. The van der Waals surface area contributed by atoms with Gasteiger partial charge in [0.15, 0.2) is 5.13 Å². The van der Waals surface area contributed by atoms with Crippen LogP contribution in [0.4, 0.5) is 5.13 Å². The van der Waals surface area contributed by atoms with Gasteiger partial charge in [0.2, 0.25) is 5.91 Å². The molecule has 4 heterocycles. The Morgan fingerprint density at radius 2 is 2.08 bits per heavy atom. The Hall–Kier alpha value is -2.51.